The molecule has 2 aromatic carbocycles. The predicted molar refractivity (Wildman–Crippen MR) is 104 cm³/mol. The predicted octanol–water partition coefficient (Wildman–Crippen LogP) is 3.85. The molecule has 2 amide bonds. The highest BCUT2D eigenvalue weighted by molar-refractivity contribution is 6.04. The molecule has 0 spiro atoms. The maximum Gasteiger partial charge on any atom is 0.265 e. The summed E-state index contributed by atoms with van der Waals surface area (Å²) >= 11 is 0. The molecule has 2 N–H and O–H groups in total. The molecule has 26 heavy (non-hydrogen) atoms. The average molecular weight is 354 g/mol. The summed E-state index contributed by atoms with van der Waals surface area (Å²) in [6, 6.07) is 12.7. The number of carbonyl (C=O) groups is 2. The molecule has 0 aliphatic rings. The lowest BCUT2D eigenvalue weighted by molar-refractivity contribution is -0.122. The van der Waals surface area contributed by atoms with Gasteiger partial charge in [-0.3, -0.25) is 9.59 Å². The monoisotopic (exact) mass is 354 g/mol. The molecule has 2 rings (SSSR count). The van der Waals surface area contributed by atoms with E-state index >= 15 is 0 Å². The quantitative estimate of drug-likeness (QED) is 0.828. The number of ether oxygens (including phenoxy) is 1. The lowest BCUT2D eigenvalue weighted by Crippen LogP contribution is -2.33. The van der Waals surface area contributed by atoms with Crippen LogP contribution in [0.3, 0.4) is 0 Å². The number of hydrogen-bond acceptors (Lipinski definition) is 3. The Morgan fingerprint density at radius 2 is 1.65 bits per heavy atom. The van der Waals surface area contributed by atoms with Gasteiger partial charge >= 0.3 is 0 Å². The van der Waals surface area contributed by atoms with Crippen LogP contribution >= 0.6 is 0 Å². The van der Waals surface area contributed by atoms with Crippen molar-refractivity contribution >= 4 is 17.5 Å². The third-order valence-corrected chi connectivity index (χ3v) is 4.08. The molecule has 1 atom stereocenters. The molecule has 5 nitrogen and oxygen atoms in total. The summed E-state index contributed by atoms with van der Waals surface area (Å²) < 4.78 is 5.81. The van der Waals surface area contributed by atoms with E-state index in [1.165, 1.54) is 0 Å². The highest BCUT2D eigenvalue weighted by Gasteiger charge is 2.19. The van der Waals surface area contributed by atoms with Crippen LogP contribution in [0.2, 0.25) is 0 Å². The third kappa shape index (κ3) is 4.85. The Morgan fingerprint density at radius 1 is 0.962 bits per heavy atom. The van der Waals surface area contributed by atoms with Crippen LogP contribution < -0.4 is 15.4 Å². The number of carbonyl (C=O) groups excluding carboxylic acids is 2. The molecule has 0 aliphatic carbocycles. The van der Waals surface area contributed by atoms with Gasteiger partial charge in [0.15, 0.2) is 6.10 Å². The van der Waals surface area contributed by atoms with Crippen LogP contribution in [0.15, 0.2) is 42.5 Å². The number of amides is 2. The van der Waals surface area contributed by atoms with Crippen molar-refractivity contribution in [2.75, 3.05) is 5.32 Å². The summed E-state index contributed by atoms with van der Waals surface area (Å²) in [5.41, 5.74) is 3.00. The zero-order valence-electron chi connectivity index (χ0n) is 15.9. The Kier molecular flexibility index (Phi) is 6.39. The van der Waals surface area contributed by atoms with Crippen LogP contribution in [-0.4, -0.2) is 24.0 Å². The number of hydrogen-bond donors (Lipinski definition) is 2. The van der Waals surface area contributed by atoms with Gasteiger partial charge in [-0.2, -0.15) is 0 Å². The normalized spacial score (nSPS) is 11.8. The topological polar surface area (TPSA) is 67.4 Å². The Bertz CT molecular complexity index is 800. The van der Waals surface area contributed by atoms with Crippen LogP contribution in [0.4, 0.5) is 5.69 Å². The van der Waals surface area contributed by atoms with E-state index in [1.807, 2.05) is 45.9 Å². The number of rotatable bonds is 6. The fourth-order valence-corrected chi connectivity index (χ4v) is 2.46. The minimum Gasteiger partial charge on any atom is -0.481 e. The zero-order valence-corrected chi connectivity index (χ0v) is 15.9. The van der Waals surface area contributed by atoms with Crippen molar-refractivity contribution in [3.05, 3.63) is 59.2 Å². The van der Waals surface area contributed by atoms with Gasteiger partial charge in [0, 0.05) is 6.04 Å². The SMILES string of the molecule is Cc1cccc(O[C@@H](C)C(=O)Nc2ccccc2C(=O)NC(C)C)c1C. The molecule has 0 saturated heterocycles. The minimum atomic E-state index is -0.697. The largest absolute Gasteiger partial charge is 0.481 e. The fourth-order valence-electron chi connectivity index (χ4n) is 2.46. The summed E-state index contributed by atoms with van der Waals surface area (Å²) in [4.78, 5) is 24.8. The van der Waals surface area contributed by atoms with Crippen molar-refractivity contribution in [1.82, 2.24) is 5.32 Å². The second-order valence-electron chi connectivity index (χ2n) is 6.62. The maximum atomic E-state index is 12.5. The molecule has 0 saturated carbocycles. The summed E-state index contributed by atoms with van der Waals surface area (Å²) in [6.07, 6.45) is -0.697. The average Bonchev–Trinajstić information content (AvgIpc) is 2.58. The number of benzene rings is 2. The summed E-state index contributed by atoms with van der Waals surface area (Å²) in [5, 5.41) is 5.63. The first-order valence-electron chi connectivity index (χ1n) is 8.73. The van der Waals surface area contributed by atoms with Gasteiger partial charge in [0.1, 0.15) is 5.75 Å². The van der Waals surface area contributed by atoms with Gasteiger partial charge in [0.05, 0.1) is 11.3 Å². The third-order valence-electron chi connectivity index (χ3n) is 4.08. The molecule has 5 heteroatoms. The molecule has 0 heterocycles. The first-order valence-corrected chi connectivity index (χ1v) is 8.73. The van der Waals surface area contributed by atoms with E-state index < -0.39 is 6.10 Å². The zero-order chi connectivity index (χ0) is 19.3. The lowest BCUT2D eigenvalue weighted by Gasteiger charge is -2.18. The molecule has 0 aromatic heterocycles. The lowest BCUT2D eigenvalue weighted by atomic mass is 10.1. The van der Waals surface area contributed by atoms with Gasteiger partial charge in [-0.25, -0.2) is 0 Å². The summed E-state index contributed by atoms with van der Waals surface area (Å²) in [6.45, 7) is 9.42. The Hall–Kier alpha value is -2.82. The molecule has 0 aliphatic heterocycles. The number of anilines is 1. The Morgan fingerprint density at radius 3 is 2.35 bits per heavy atom. The van der Waals surface area contributed by atoms with E-state index in [1.54, 1.807) is 31.2 Å². The van der Waals surface area contributed by atoms with Crippen LogP contribution in [-0.2, 0) is 4.79 Å². The van der Waals surface area contributed by atoms with E-state index in [9.17, 15) is 9.59 Å². The second kappa shape index (κ2) is 8.52. The highest BCUT2D eigenvalue weighted by atomic mass is 16.5. The minimum absolute atomic E-state index is 0.0119. The van der Waals surface area contributed by atoms with Crippen molar-refractivity contribution in [3.8, 4) is 5.75 Å². The van der Waals surface area contributed by atoms with Crippen LogP contribution in [0.5, 0.6) is 5.75 Å². The van der Waals surface area contributed by atoms with Gasteiger partial charge in [0.25, 0.3) is 11.8 Å². The molecule has 0 radical (unpaired) electrons. The number of aryl methyl sites for hydroxylation is 1. The fraction of sp³-hybridized carbons (Fsp3) is 0.333. The number of nitrogens with one attached hydrogen (secondary N) is 2. The molecule has 0 bridgehead atoms. The van der Waals surface area contributed by atoms with Gasteiger partial charge in [0.2, 0.25) is 0 Å². The van der Waals surface area contributed by atoms with E-state index in [2.05, 4.69) is 10.6 Å². The molecule has 0 fully saturated rings. The summed E-state index contributed by atoms with van der Waals surface area (Å²) in [5.74, 6) is 0.146. The molecular weight excluding hydrogens is 328 g/mol. The van der Waals surface area contributed by atoms with Gasteiger partial charge in [-0.05, 0) is 63.9 Å². The molecule has 0 unspecified atom stereocenters. The van der Waals surface area contributed by atoms with Crippen LogP contribution in [0.1, 0.15) is 42.3 Å². The second-order valence-corrected chi connectivity index (χ2v) is 6.62. The molecule has 138 valence electrons. The highest BCUT2D eigenvalue weighted by Crippen LogP contribution is 2.22. The number of para-hydroxylation sites is 1. The molecule has 2 aromatic rings. The van der Waals surface area contributed by atoms with Crippen molar-refractivity contribution in [2.45, 2.75) is 46.8 Å². The van der Waals surface area contributed by atoms with Gasteiger partial charge in [-0.15, -0.1) is 0 Å². The van der Waals surface area contributed by atoms with E-state index in [0.29, 0.717) is 17.0 Å². The molecular formula is C21H26N2O3. The first kappa shape index (κ1) is 19.5. The van der Waals surface area contributed by atoms with Crippen molar-refractivity contribution in [1.29, 1.82) is 0 Å². The maximum absolute atomic E-state index is 12.5. The van der Waals surface area contributed by atoms with Crippen molar-refractivity contribution < 1.29 is 14.3 Å². The van der Waals surface area contributed by atoms with Gasteiger partial charge in [-0.1, -0.05) is 24.3 Å². The smallest absolute Gasteiger partial charge is 0.265 e. The van der Waals surface area contributed by atoms with Gasteiger partial charge < -0.3 is 15.4 Å². The Balaban J connectivity index is 2.12. The standard InChI is InChI=1S/C21H26N2O3/c1-13(2)22-21(25)17-10-6-7-11-18(17)23-20(24)16(5)26-19-12-8-9-14(3)15(19)4/h6-13,16H,1-5H3,(H,22,25)(H,23,24)/t16-/m0/s1. The Labute approximate surface area is 154 Å². The van der Waals surface area contributed by atoms with E-state index in [4.69, 9.17) is 4.74 Å². The van der Waals surface area contributed by atoms with Crippen molar-refractivity contribution in [2.24, 2.45) is 0 Å². The van der Waals surface area contributed by atoms with E-state index in [-0.39, 0.29) is 17.9 Å². The van der Waals surface area contributed by atoms with Crippen molar-refractivity contribution in [3.63, 3.8) is 0 Å². The van der Waals surface area contributed by atoms with E-state index in [0.717, 1.165) is 11.1 Å². The first-order chi connectivity index (χ1) is 12.3. The summed E-state index contributed by atoms with van der Waals surface area (Å²) in [7, 11) is 0. The van der Waals surface area contributed by atoms with Crippen LogP contribution in [0.25, 0.3) is 0 Å². The van der Waals surface area contributed by atoms with Crippen LogP contribution in [0, 0.1) is 13.8 Å².